The SMILES string of the molecule is CN=C(NCc1ccn(-c2ccccc2)n1)N(C)CCc1cccs1.I. The number of aliphatic imine (C=N–C) groups is 1. The fourth-order valence-corrected chi connectivity index (χ4v) is 3.27. The van der Waals surface area contributed by atoms with Crippen molar-refractivity contribution < 1.29 is 0 Å². The summed E-state index contributed by atoms with van der Waals surface area (Å²) in [5.41, 5.74) is 2.04. The van der Waals surface area contributed by atoms with E-state index >= 15 is 0 Å². The van der Waals surface area contributed by atoms with Crippen LogP contribution in [-0.2, 0) is 13.0 Å². The average molecular weight is 481 g/mol. The zero-order valence-electron chi connectivity index (χ0n) is 15.0. The van der Waals surface area contributed by atoms with Gasteiger partial charge in [-0.1, -0.05) is 24.3 Å². The molecule has 2 heterocycles. The van der Waals surface area contributed by atoms with E-state index in [1.807, 2.05) is 54.3 Å². The van der Waals surface area contributed by atoms with Crippen molar-refractivity contribution in [3.63, 3.8) is 0 Å². The molecule has 0 aliphatic carbocycles. The molecule has 0 aliphatic rings. The maximum atomic E-state index is 4.62. The molecule has 0 atom stereocenters. The highest BCUT2D eigenvalue weighted by Gasteiger charge is 2.08. The van der Waals surface area contributed by atoms with Crippen molar-refractivity contribution in [1.82, 2.24) is 20.0 Å². The summed E-state index contributed by atoms with van der Waals surface area (Å²) in [6.07, 6.45) is 3.01. The van der Waals surface area contributed by atoms with Crippen LogP contribution in [0, 0.1) is 0 Å². The molecule has 0 aliphatic heterocycles. The Bertz CT molecular complexity index is 798. The molecule has 3 rings (SSSR count). The van der Waals surface area contributed by atoms with E-state index in [2.05, 4.69) is 44.9 Å². The summed E-state index contributed by atoms with van der Waals surface area (Å²) in [5, 5.41) is 10.1. The second-order valence-electron chi connectivity index (χ2n) is 5.74. The molecular formula is C19H24IN5S. The van der Waals surface area contributed by atoms with Gasteiger partial charge in [0.25, 0.3) is 0 Å². The lowest BCUT2D eigenvalue weighted by Gasteiger charge is -2.21. The molecule has 1 aromatic carbocycles. The second-order valence-corrected chi connectivity index (χ2v) is 6.77. The number of aromatic nitrogens is 2. The predicted octanol–water partition coefficient (Wildman–Crippen LogP) is 3.80. The molecule has 0 radical (unpaired) electrons. The van der Waals surface area contributed by atoms with Crippen LogP contribution in [0.4, 0.5) is 0 Å². The lowest BCUT2D eigenvalue weighted by molar-refractivity contribution is 0.485. The first-order valence-corrected chi connectivity index (χ1v) is 9.18. The van der Waals surface area contributed by atoms with Gasteiger partial charge in [-0.2, -0.15) is 5.10 Å². The third kappa shape index (κ3) is 5.57. The molecule has 5 nitrogen and oxygen atoms in total. The fourth-order valence-electron chi connectivity index (χ4n) is 2.57. The Hall–Kier alpha value is -1.87. The van der Waals surface area contributed by atoms with Gasteiger partial charge in [0.15, 0.2) is 5.96 Å². The van der Waals surface area contributed by atoms with E-state index in [0.29, 0.717) is 6.54 Å². The van der Waals surface area contributed by atoms with Crippen molar-refractivity contribution in [3.05, 3.63) is 70.7 Å². The molecule has 0 saturated heterocycles. The normalized spacial score (nSPS) is 11.1. The van der Waals surface area contributed by atoms with Gasteiger partial charge in [-0.3, -0.25) is 4.99 Å². The van der Waals surface area contributed by atoms with Crippen molar-refractivity contribution in [2.24, 2.45) is 4.99 Å². The predicted molar refractivity (Wildman–Crippen MR) is 120 cm³/mol. The minimum absolute atomic E-state index is 0. The summed E-state index contributed by atoms with van der Waals surface area (Å²) in [5.74, 6) is 0.880. The Morgan fingerprint density at radius 2 is 2.00 bits per heavy atom. The van der Waals surface area contributed by atoms with Gasteiger partial charge in [0.1, 0.15) is 0 Å². The number of nitrogens with zero attached hydrogens (tertiary/aromatic N) is 4. The Balaban J connectivity index is 0.00000243. The Labute approximate surface area is 175 Å². The number of likely N-dealkylation sites (N-methyl/N-ethyl adjacent to an activating group) is 1. The van der Waals surface area contributed by atoms with Crippen LogP contribution in [0.2, 0.25) is 0 Å². The number of thiophene rings is 1. The van der Waals surface area contributed by atoms with Crippen molar-refractivity contribution >= 4 is 41.3 Å². The minimum Gasteiger partial charge on any atom is -0.351 e. The molecule has 0 fully saturated rings. The molecule has 0 unspecified atom stereocenters. The summed E-state index contributed by atoms with van der Waals surface area (Å²) in [7, 11) is 3.87. The summed E-state index contributed by atoms with van der Waals surface area (Å²) in [4.78, 5) is 7.91. The number of nitrogens with one attached hydrogen (secondary N) is 1. The first kappa shape index (κ1) is 20.4. The molecule has 0 bridgehead atoms. The summed E-state index contributed by atoms with van der Waals surface area (Å²) < 4.78 is 1.89. The van der Waals surface area contributed by atoms with Crippen molar-refractivity contribution in [2.75, 3.05) is 20.6 Å². The van der Waals surface area contributed by atoms with Crippen LogP contribution in [0.15, 0.2) is 65.1 Å². The highest BCUT2D eigenvalue weighted by molar-refractivity contribution is 14.0. The van der Waals surface area contributed by atoms with E-state index in [4.69, 9.17) is 0 Å². The third-order valence-electron chi connectivity index (χ3n) is 3.94. The molecular weight excluding hydrogens is 457 g/mol. The van der Waals surface area contributed by atoms with E-state index in [0.717, 1.165) is 30.3 Å². The molecule has 138 valence electrons. The molecule has 3 aromatic rings. The lowest BCUT2D eigenvalue weighted by atomic mass is 10.3. The number of rotatable bonds is 6. The molecule has 0 amide bonds. The first-order valence-electron chi connectivity index (χ1n) is 8.30. The van der Waals surface area contributed by atoms with Crippen LogP contribution in [0.3, 0.4) is 0 Å². The topological polar surface area (TPSA) is 45.5 Å². The van der Waals surface area contributed by atoms with Gasteiger partial charge in [-0.15, -0.1) is 35.3 Å². The maximum absolute atomic E-state index is 4.62. The Kier molecular flexibility index (Phi) is 8.11. The molecule has 1 N–H and O–H groups in total. The maximum Gasteiger partial charge on any atom is 0.193 e. The van der Waals surface area contributed by atoms with Crippen molar-refractivity contribution in [1.29, 1.82) is 0 Å². The highest BCUT2D eigenvalue weighted by atomic mass is 127. The zero-order valence-corrected chi connectivity index (χ0v) is 18.1. The van der Waals surface area contributed by atoms with Crippen LogP contribution in [0.5, 0.6) is 0 Å². The zero-order chi connectivity index (χ0) is 17.5. The number of hydrogen-bond donors (Lipinski definition) is 1. The molecule has 0 spiro atoms. The van der Waals surface area contributed by atoms with E-state index in [1.54, 1.807) is 11.3 Å². The Morgan fingerprint density at radius 3 is 2.69 bits per heavy atom. The minimum atomic E-state index is 0. The first-order chi connectivity index (χ1) is 12.3. The smallest absolute Gasteiger partial charge is 0.193 e. The van der Waals surface area contributed by atoms with Crippen LogP contribution in [0.25, 0.3) is 5.69 Å². The van der Waals surface area contributed by atoms with Crippen molar-refractivity contribution in [2.45, 2.75) is 13.0 Å². The lowest BCUT2D eigenvalue weighted by Crippen LogP contribution is -2.39. The highest BCUT2D eigenvalue weighted by Crippen LogP contribution is 2.10. The summed E-state index contributed by atoms with van der Waals surface area (Å²) in [6, 6.07) is 16.4. The van der Waals surface area contributed by atoms with Gasteiger partial charge < -0.3 is 10.2 Å². The van der Waals surface area contributed by atoms with Crippen LogP contribution in [0.1, 0.15) is 10.6 Å². The summed E-state index contributed by atoms with van der Waals surface area (Å²) >= 11 is 1.80. The third-order valence-corrected chi connectivity index (χ3v) is 4.88. The van der Waals surface area contributed by atoms with Gasteiger partial charge in [-0.05, 0) is 36.1 Å². The average Bonchev–Trinajstić information content (AvgIpc) is 3.33. The number of para-hydroxylation sites is 1. The van der Waals surface area contributed by atoms with Crippen LogP contribution >= 0.6 is 35.3 Å². The fraction of sp³-hybridized carbons (Fsp3) is 0.263. The van der Waals surface area contributed by atoms with E-state index in [1.165, 1.54) is 4.88 Å². The molecule has 2 aromatic heterocycles. The van der Waals surface area contributed by atoms with Gasteiger partial charge in [0.05, 0.1) is 17.9 Å². The van der Waals surface area contributed by atoms with E-state index in [9.17, 15) is 0 Å². The second kappa shape index (κ2) is 10.3. The van der Waals surface area contributed by atoms with Gasteiger partial charge in [0, 0.05) is 31.7 Å². The number of halogens is 1. The van der Waals surface area contributed by atoms with Gasteiger partial charge in [-0.25, -0.2) is 4.68 Å². The molecule has 7 heteroatoms. The molecule has 0 saturated carbocycles. The van der Waals surface area contributed by atoms with Crippen LogP contribution < -0.4 is 5.32 Å². The van der Waals surface area contributed by atoms with Gasteiger partial charge >= 0.3 is 0 Å². The largest absolute Gasteiger partial charge is 0.351 e. The quantitative estimate of drug-likeness (QED) is 0.331. The molecule has 26 heavy (non-hydrogen) atoms. The number of benzene rings is 1. The van der Waals surface area contributed by atoms with Crippen molar-refractivity contribution in [3.8, 4) is 5.69 Å². The number of guanidine groups is 1. The Morgan fingerprint density at radius 1 is 1.19 bits per heavy atom. The monoisotopic (exact) mass is 481 g/mol. The standard InChI is InChI=1S/C19H23N5S.HI/c1-20-19(23(2)12-11-18-9-6-14-25-18)21-15-16-10-13-24(22-16)17-7-4-3-5-8-17;/h3-10,13-14H,11-12,15H2,1-2H3,(H,20,21);1H. The van der Waals surface area contributed by atoms with E-state index < -0.39 is 0 Å². The van der Waals surface area contributed by atoms with E-state index in [-0.39, 0.29) is 24.0 Å². The van der Waals surface area contributed by atoms with Gasteiger partial charge in [0.2, 0.25) is 0 Å². The number of hydrogen-bond acceptors (Lipinski definition) is 3. The van der Waals surface area contributed by atoms with Crippen LogP contribution in [-0.4, -0.2) is 41.3 Å². The summed E-state index contributed by atoms with van der Waals surface area (Å²) in [6.45, 7) is 1.58.